The molecular weight excluding hydrogens is 230 g/mol. The fourth-order valence-electron chi connectivity index (χ4n) is 1.18. The van der Waals surface area contributed by atoms with E-state index in [1.54, 1.807) is 6.92 Å². The highest BCUT2D eigenvalue weighted by atomic mass is 16.6. The van der Waals surface area contributed by atoms with Crippen LogP contribution in [0.1, 0.15) is 6.92 Å². The van der Waals surface area contributed by atoms with Gasteiger partial charge in [0.25, 0.3) is 5.88 Å². The van der Waals surface area contributed by atoms with Gasteiger partial charge in [0, 0.05) is 7.11 Å². The third-order valence-corrected chi connectivity index (χ3v) is 1.82. The monoisotopic (exact) mass is 243 g/mol. The molecule has 0 aliphatic carbocycles. The molecule has 0 aliphatic rings. The Bertz CT molecular complexity index is 400. The van der Waals surface area contributed by atoms with Gasteiger partial charge in [-0.1, -0.05) is 0 Å². The smallest absolute Gasteiger partial charge is 0.374 e. The van der Waals surface area contributed by atoms with Crippen molar-refractivity contribution in [1.82, 2.24) is 9.97 Å². The quantitative estimate of drug-likeness (QED) is 0.409. The number of nitrogens with zero attached hydrogens (tertiary/aromatic N) is 3. The molecule has 0 fully saturated rings. The van der Waals surface area contributed by atoms with Crippen LogP contribution in [0.25, 0.3) is 0 Å². The molecule has 0 aliphatic heterocycles. The number of hydrazine groups is 1. The molecule has 3 N–H and O–H groups in total. The van der Waals surface area contributed by atoms with Crippen molar-refractivity contribution in [3.05, 3.63) is 16.4 Å². The first-order valence-electron chi connectivity index (χ1n) is 4.71. The summed E-state index contributed by atoms with van der Waals surface area (Å²) in [6.45, 7) is 1.98. The largest absolute Gasteiger partial charge is 0.467 e. The predicted octanol–water partition coefficient (Wildman–Crippen LogP) is 0.0841. The molecule has 0 saturated carbocycles. The third-order valence-electron chi connectivity index (χ3n) is 1.82. The van der Waals surface area contributed by atoms with E-state index in [4.69, 9.17) is 15.3 Å². The van der Waals surface area contributed by atoms with E-state index in [0.29, 0.717) is 0 Å². The van der Waals surface area contributed by atoms with Gasteiger partial charge in [-0.3, -0.25) is 10.1 Å². The van der Waals surface area contributed by atoms with Crippen molar-refractivity contribution in [1.29, 1.82) is 0 Å². The van der Waals surface area contributed by atoms with Gasteiger partial charge in [0.05, 0.1) is 11.5 Å². The maximum Gasteiger partial charge on any atom is 0.374 e. The first-order chi connectivity index (χ1) is 8.10. The lowest BCUT2D eigenvalue weighted by atomic mass is 10.4. The minimum atomic E-state index is -0.663. The Balaban J connectivity index is 3.02. The van der Waals surface area contributed by atoms with Crippen molar-refractivity contribution in [3.63, 3.8) is 0 Å². The molecule has 0 bridgehead atoms. The van der Waals surface area contributed by atoms with Crippen LogP contribution in [-0.2, 0) is 4.74 Å². The molecule has 17 heavy (non-hydrogen) atoms. The van der Waals surface area contributed by atoms with Crippen LogP contribution < -0.4 is 16.0 Å². The lowest BCUT2D eigenvalue weighted by Gasteiger charge is -2.13. The molecule has 0 radical (unpaired) electrons. The molecule has 0 amide bonds. The van der Waals surface area contributed by atoms with Crippen molar-refractivity contribution in [2.75, 3.05) is 19.1 Å². The van der Waals surface area contributed by atoms with Gasteiger partial charge < -0.3 is 14.9 Å². The van der Waals surface area contributed by atoms with Crippen molar-refractivity contribution < 1.29 is 14.4 Å². The second kappa shape index (κ2) is 5.92. The number of nitrogen functional groups attached to an aromatic ring is 1. The second-order valence-corrected chi connectivity index (χ2v) is 3.16. The van der Waals surface area contributed by atoms with Gasteiger partial charge in [-0.2, -0.15) is 4.98 Å². The first-order valence-corrected chi connectivity index (χ1v) is 4.71. The molecule has 1 unspecified atom stereocenters. The summed E-state index contributed by atoms with van der Waals surface area (Å²) in [4.78, 5) is 17.5. The van der Waals surface area contributed by atoms with Crippen LogP contribution in [0.2, 0.25) is 0 Å². The van der Waals surface area contributed by atoms with E-state index < -0.39 is 10.6 Å². The highest BCUT2D eigenvalue weighted by molar-refractivity contribution is 5.60. The Kier molecular flexibility index (Phi) is 4.55. The van der Waals surface area contributed by atoms with Gasteiger partial charge in [-0.05, 0) is 6.92 Å². The number of hydrogen-bond acceptors (Lipinski definition) is 8. The Morgan fingerprint density at radius 3 is 2.88 bits per heavy atom. The normalized spacial score (nSPS) is 11.9. The highest BCUT2D eigenvalue weighted by Gasteiger charge is 2.25. The highest BCUT2D eigenvalue weighted by Crippen LogP contribution is 2.30. The summed E-state index contributed by atoms with van der Waals surface area (Å²) in [5.74, 6) is 4.86. The molecule has 0 spiro atoms. The van der Waals surface area contributed by atoms with E-state index in [2.05, 4.69) is 15.4 Å². The summed E-state index contributed by atoms with van der Waals surface area (Å²) >= 11 is 0. The summed E-state index contributed by atoms with van der Waals surface area (Å²) in [5, 5.41) is 10.9. The number of rotatable bonds is 6. The summed E-state index contributed by atoms with van der Waals surface area (Å²) < 4.78 is 10.1. The number of nitrogens with one attached hydrogen (secondary N) is 1. The molecule has 0 saturated heterocycles. The average molecular weight is 243 g/mol. The molecule has 1 heterocycles. The second-order valence-electron chi connectivity index (χ2n) is 3.16. The van der Waals surface area contributed by atoms with Gasteiger partial charge in [-0.25, -0.2) is 10.8 Å². The number of aromatic nitrogens is 2. The van der Waals surface area contributed by atoms with Crippen LogP contribution in [-0.4, -0.2) is 34.7 Å². The summed E-state index contributed by atoms with van der Waals surface area (Å²) in [7, 11) is 1.50. The Morgan fingerprint density at radius 1 is 1.65 bits per heavy atom. The first kappa shape index (κ1) is 13.1. The Labute approximate surface area is 97.1 Å². The number of methoxy groups -OCH3 is 1. The molecule has 9 heteroatoms. The van der Waals surface area contributed by atoms with Gasteiger partial charge in [0.1, 0.15) is 12.4 Å². The summed E-state index contributed by atoms with van der Waals surface area (Å²) in [6, 6.07) is 0. The maximum atomic E-state index is 10.9. The van der Waals surface area contributed by atoms with Crippen LogP contribution >= 0.6 is 0 Å². The van der Waals surface area contributed by atoms with E-state index in [1.807, 2.05) is 0 Å². The van der Waals surface area contributed by atoms with E-state index >= 15 is 0 Å². The lowest BCUT2D eigenvalue weighted by Crippen LogP contribution is -2.20. The predicted molar refractivity (Wildman–Crippen MR) is 58.5 cm³/mol. The van der Waals surface area contributed by atoms with E-state index in [-0.39, 0.29) is 24.4 Å². The zero-order chi connectivity index (χ0) is 12.8. The zero-order valence-corrected chi connectivity index (χ0v) is 9.41. The molecule has 1 atom stereocenters. The van der Waals surface area contributed by atoms with Crippen LogP contribution in [0.4, 0.5) is 11.5 Å². The fraction of sp³-hybridized carbons (Fsp3) is 0.500. The van der Waals surface area contributed by atoms with Crippen molar-refractivity contribution in [2.24, 2.45) is 5.84 Å². The van der Waals surface area contributed by atoms with Gasteiger partial charge >= 0.3 is 5.69 Å². The average Bonchev–Trinajstić information content (AvgIpc) is 2.28. The van der Waals surface area contributed by atoms with Gasteiger partial charge in [0.2, 0.25) is 5.82 Å². The number of ether oxygens (including phenoxy) is 2. The van der Waals surface area contributed by atoms with Crippen LogP contribution in [0, 0.1) is 10.1 Å². The van der Waals surface area contributed by atoms with Crippen LogP contribution in [0.5, 0.6) is 5.88 Å². The Hall–Kier alpha value is -2.00. The topological polar surface area (TPSA) is 125 Å². The molecule has 9 nitrogen and oxygen atoms in total. The Morgan fingerprint density at radius 2 is 2.35 bits per heavy atom. The van der Waals surface area contributed by atoms with E-state index in [0.717, 1.165) is 6.33 Å². The number of nitrogens with two attached hydrogens (primary N) is 1. The van der Waals surface area contributed by atoms with E-state index in [1.165, 1.54) is 7.11 Å². The van der Waals surface area contributed by atoms with Crippen molar-refractivity contribution in [2.45, 2.75) is 13.0 Å². The molecule has 0 aromatic carbocycles. The zero-order valence-electron chi connectivity index (χ0n) is 9.41. The maximum absolute atomic E-state index is 10.9. The minimum absolute atomic E-state index is 0.107. The van der Waals surface area contributed by atoms with Crippen LogP contribution in [0.15, 0.2) is 6.33 Å². The minimum Gasteiger partial charge on any atom is -0.467 e. The summed E-state index contributed by atoms with van der Waals surface area (Å²) in [6.07, 6.45) is 0.746. The SMILES string of the molecule is COCC(C)Oc1ncnc(NN)c1[N+](=O)[O-]. The van der Waals surface area contributed by atoms with E-state index in [9.17, 15) is 10.1 Å². The number of anilines is 1. The summed E-state index contributed by atoms with van der Waals surface area (Å²) in [5.41, 5.74) is 1.71. The number of hydrogen-bond donors (Lipinski definition) is 2. The molecule has 1 rings (SSSR count). The molecule has 1 aromatic heterocycles. The lowest BCUT2D eigenvalue weighted by molar-refractivity contribution is -0.385. The van der Waals surface area contributed by atoms with Gasteiger partial charge in [0.15, 0.2) is 0 Å². The fourth-order valence-corrected chi connectivity index (χ4v) is 1.18. The van der Waals surface area contributed by atoms with Gasteiger partial charge in [-0.15, -0.1) is 0 Å². The molecule has 94 valence electrons. The standard InChI is InChI=1S/C8H13N5O4/c1-5(3-16-2)17-8-6(13(14)15)7(12-9)10-4-11-8/h4-5H,3,9H2,1-2H3,(H,10,11,12). The van der Waals surface area contributed by atoms with Crippen molar-refractivity contribution in [3.8, 4) is 5.88 Å². The molecular formula is C8H13N5O4. The van der Waals surface area contributed by atoms with Crippen LogP contribution in [0.3, 0.4) is 0 Å². The molecule has 1 aromatic rings. The van der Waals surface area contributed by atoms with Crippen molar-refractivity contribution >= 4 is 11.5 Å². The third kappa shape index (κ3) is 3.23. The number of nitro groups is 1.